The molecule has 70 valence electrons. The maximum atomic E-state index is 11.3. The van der Waals surface area contributed by atoms with Gasteiger partial charge in [0.05, 0.1) is 0 Å². The van der Waals surface area contributed by atoms with Crippen molar-refractivity contribution in [2.45, 2.75) is 6.92 Å². The zero-order valence-corrected chi connectivity index (χ0v) is 8.03. The van der Waals surface area contributed by atoms with Gasteiger partial charge in [-0.3, -0.25) is 0 Å². The van der Waals surface area contributed by atoms with E-state index in [2.05, 4.69) is 0 Å². The second kappa shape index (κ2) is 3.54. The van der Waals surface area contributed by atoms with Crippen LogP contribution in [0.4, 0.5) is 0 Å². The largest absolute Gasteiger partial charge is 0.875 e. The number of hydrogen-bond donors (Lipinski definition) is 0. The third kappa shape index (κ3) is 1.49. The Kier molecular flexibility index (Phi) is 2.23. The van der Waals surface area contributed by atoms with Gasteiger partial charge in [0.15, 0.2) is 0 Å². The number of allylic oxidation sites excluding steroid dienone is 6. The Morgan fingerprint density at radius 3 is 2.50 bits per heavy atom. The van der Waals surface area contributed by atoms with Crippen LogP contribution in [0.25, 0.3) is 5.57 Å². The first-order chi connectivity index (χ1) is 6.79. The van der Waals surface area contributed by atoms with Gasteiger partial charge in [0, 0.05) is 0 Å². The summed E-state index contributed by atoms with van der Waals surface area (Å²) < 4.78 is 0. The molecule has 0 saturated heterocycles. The summed E-state index contributed by atoms with van der Waals surface area (Å²) in [5.74, 6) is 0.119. The smallest absolute Gasteiger partial charge is 0.0121 e. The van der Waals surface area contributed by atoms with Crippen molar-refractivity contribution in [3.63, 3.8) is 0 Å². The predicted octanol–water partition coefficient (Wildman–Crippen LogP) is 2.27. The molecule has 0 saturated carbocycles. The van der Waals surface area contributed by atoms with Gasteiger partial charge >= 0.3 is 0 Å². The molecule has 0 aliphatic heterocycles. The van der Waals surface area contributed by atoms with Crippen molar-refractivity contribution < 1.29 is 5.11 Å². The molecule has 0 radical (unpaired) electrons. The first kappa shape index (κ1) is 8.82. The van der Waals surface area contributed by atoms with Crippen LogP contribution < -0.4 is 5.11 Å². The van der Waals surface area contributed by atoms with Gasteiger partial charge in [0.1, 0.15) is 0 Å². The number of rotatable bonds is 1. The molecule has 1 aromatic rings. The minimum atomic E-state index is 0.119. The van der Waals surface area contributed by atoms with Crippen LogP contribution in [0.1, 0.15) is 12.5 Å². The Bertz CT molecular complexity index is 418. The molecule has 0 amide bonds. The lowest BCUT2D eigenvalue weighted by atomic mass is 10.0. The van der Waals surface area contributed by atoms with Crippen LogP contribution in [0.15, 0.2) is 59.9 Å². The molecular formula is C13H11O-. The van der Waals surface area contributed by atoms with E-state index in [1.54, 1.807) is 6.92 Å². The van der Waals surface area contributed by atoms with Crippen LogP contribution in [-0.2, 0) is 0 Å². The highest BCUT2D eigenvalue weighted by molar-refractivity contribution is 5.86. The molecular weight excluding hydrogens is 172 g/mol. The average Bonchev–Trinajstić information content (AvgIpc) is 2.67. The molecule has 0 aromatic heterocycles. The standard InChI is InChI=1S/C13H12O/c1-10(14)12-8-5-9-13(12)11-6-3-2-4-7-11/h2-9,14H,1H3/p-1/b12-10+. The molecule has 1 aliphatic rings. The van der Waals surface area contributed by atoms with Crippen molar-refractivity contribution in [2.75, 3.05) is 0 Å². The van der Waals surface area contributed by atoms with E-state index in [0.29, 0.717) is 0 Å². The maximum absolute atomic E-state index is 11.3. The molecule has 1 nitrogen and oxygen atoms in total. The Morgan fingerprint density at radius 2 is 1.86 bits per heavy atom. The van der Waals surface area contributed by atoms with Crippen molar-refractivity contribution in [3.8, 4) is 0 Å². The zero-order valence-electron chi connectivity index (χ0n) is 8.03. The maximum Gasteiger partial charge on any atom is -0.0121 e. The summed E-state index contributed by atoms with van der Waals surface area (Å²) in [5.41, 5.74) is 2.93. The Morgan fingerprint density at radius 1 is 1.14 bits per heavy atom. The molecule has 1 aromatic carbocycles. The van der Waals surface area contributed by atoms with E-state index in [4.69, 9.17) is 0 Å². The van der Waals surface area contributed by atoms with Crippen molar-refractivity contribution >= 4 is 5.57 Å². The summed E-state index contributed by atoms with van der Waals surface area (Å²) in [6.45, 7) is 1.60. The van der Waals surface area contributed by atoms with Gasteiger partial charge in [-0.2, -0.15) is 0 Å². The van der Waals surface area contributed by atoms with Crippen molar-refractivity contribution in [1.82, 2.24) is 0 Å². The van der Waals surface area contributed by atoms with Gasteiger partial charge in [-0.25, -0.2) is 0 Å². The Labute approximate surface area is 83.7 Å². The van der Waals surface area contributed by atoms with Crippen LogP contribution in [0.2, 0.25) is 0 Å². The van der Waals surface area contributed by atoms with Crippen molar-refractivity contribution in [1.29, 1.82) is 0 Å². The van der Waals surface area contributed by atoms with Crippen LogP contribution >= 0.6 is 0 Å². The van der Waals surface area contributed by atoms with E-state index in [1.165, 1.54) is 0 Å². The number of hydrogen-bond acceptors (Lipinski definition) is 1. The van der Waals surface area contributed by atoms with Crippen LogP contribution in [0.3, 0.4) is 0 Å². The molecule has 0 bridgehead atoms. The highest BCUT2D eigenvalue weighted by atomic mass is 16.3. The van der Waals surface area contributed by atoms with Gasteiger partial charge in [0.25, 0.3) is 0 Å². The predicted molar refractivity (Wildman–Crippen MR) is 56.3 cm³/mol. The van der Waals surface area contributed by atoms with E-state index in [9.17, 15) is 5.11 Å². The van der Waals surface area contributed by atoms with Gasteiger partial charge in [-0.1, -0.05) is 55.5 Å². The summed E-state index contributed by atoms with van der Waals surface area (Å²) in [5, 5.41) is 11.3. The SMILES string of the molecule is C/C([O-])=C1/C=CC=C1c1ccccc1. The van der Waals surface area contributed by atoms with E-state index in [1.807, 2.05) is 48.6 Å². The number of benzene rings is 1. The Hall–Kier alpha value is -1.76. The lowest BCUT2D eigenvalue weighted by molar-refractivity contribution is -0.302. The molecule has 14 heavy (non-hydrogen) atoms. The molecule has 0 spiro atoms. The third-order valence-corrected chi connectivity index (χ3v) is 2.28. The molecule has 0 atom stereocenters. The lowest BCUT2D eigenvalue weighted by Gasteiger charge is -2.13. The van der Waals surface area contributed by atoms with Gasteiger partial charge in [-0.05, 0) is 16.7 Å². The average molecular weight is 183 g/mol. The van der Waals surface area contributed by atoms with Crippen LogP contribution in [0, 0.1) is 0 Å². The summed E-state index contributed by atoms with van der Waals surface area (Å²) in [4.78, 5) is 0. The molecule has 0 N–H and O–H groups in total. The molecule has 0 heterocycles. The first-order valence-corrected chi connectivity index (χ1v) is 4.61. The Balaban J connectivity index is 2.44. The molecule has 0 unspecified atom stereocenters. The van der Waals surface area contributed by atoms with Gasteiger partial charge in [0.2, 0.25) is 0 Å². The second-order valence-electron chi connectivity index (χ2n) is 3.28. The normalized spacial score (nSPS) is 18.2. The summed E-state index contributed by atoms with van der Waals surface area (Å²) in [7, 11) is 0. The summed E-state index contributed by atoms with van der Waals surface area (Å²) in [6, 6.07) is 9.96. The fourth-order valence-corrected chi connectivity index (χ4v) is 1.60. The lowest BCUT2D eigenvalue weighted by Crippen LogP contribution is -2.02. The van der Waals surface area contributed by atoms with E-state index >= 15 is 0 Å². The molecule has 2 rings (SSSR count). The third-order valence-electron chi connectivity index (χ3n) is 2.28. The van der Waals surface area contributed by atoms with Gasteiger partial charge in [-0.15, -0.1) is 5.76 Å². The fraction of sp³-hybridized carbons (Fsp3) is 0.0769. The van der Waals surface area contributed by atoms with E-state index < -0.39 is 0 Å². The monoisotopic (exact) mass is 183 g/mol. The quantitative estimate of drug-likeness (QED) is 0.612. The van der Waals surface area contributed by atoms with Gasteiger partial charge < -0.3 is 5.11 Å². The summed E-state index contributed by atoms with van der Waals surface area (Å²) in [6.07, 6.45) is 5.76. The highest BCUT2D eigenvalue weighted by Crippen LogP contribution is 2.29. The topological polar surface area (TPSA) is 23.1 Å². The molecule has 0 fully saturated rings. The zero-order chi connectivity index (χ0) is 9.97. The minimum absolute atomic E-state index is 0.119. The molecule has 1 heteroatoms. The highest BCUT2D eigenvalue weighted by Gasteiger charge is 2.07. The first-order valence-electron chi connectivity index (χ1n) is 4.61. The second-order valence-corrected chi connectivity index (χ2v) is 3.28. The fourth-order valence-electron chi connectivity index (χ4n) is 1.60. The van der Waals surface area contributed by atoms with E-state index in [0.717, 1.165) is 16.7 Å². The van der Waals surface area contributed by atoms with Crippen molar-refractivity contribution in [2.24, 2.45) is 0 Å². The molecule has 1 aliphatic carbocycles. The van der Waals surface area contributed by atoms with E-state index in [-0.39, 0.29) is 5.76 Å². The van der Waals surface area contributed by atoms with Crippen LogP contribution in [-0.4, -0.2) is 0 Å². The summed E-state index contributed by atoms with van der Waals surface area (Å²) >= 11 is 0. The van der Waals surface area contributed by atoms with Crippen LogP contribution in [0.5, 0.6) is 0 Å². The minimum Gasteiger partial charge on any atom is -0.875 e. The van der Waals surface area contributed by atoms with Crippen molar-refractivity contribution in [3.05, 3.63) is 65.5 Å².